The lowest BCUT2D eigenvalue weighted by molar-refractivity contribution is -0.113. The predicted molar refractivity (Wildman–Crippen MR) is 145 cm³/mol. The van der Waals surface area contributed by atoms with Crippen LogP contribution in [0.5, 0.6) is 0 Å². The molecule has 0 aliphatic heterocycles. The van der Waals surface area contributed by atoms with E-state index in [1.165, 1.54) is 36.4 Å². The molecule has 0 aromatic heterocycles. The number of hydrogen-bond acceptors (Lipinski definition) is 4. The molecule has 0 aliphatic carbocycles. The van der Waals surface area contributed by atoms with E-state index in [4.69, 9.17) is 0 Å². The molecule has 3 amide bonds. The molecule has 8 nitrogen and oxygen atoms in total. The van der Waals surface area contributed by atoms with Gasteiger partial charge in [-0.3, -0.25) is 14.4 Å². The van der Waals surface area contributed by atoms with Crippen molar-refractivity contribution in [2.75, 3.05) is 10.6 Å². The third-order valence-corrected chi connectivity index (χ3v) is 5.41. The van der Waals surface area contributed by atoms with E-state index in [-0.39, 0.29) is 28.4 Å². The zero-order chi connectivity index (χ0) is 26.9. The maximum Gasteiger partial charge on any atom is 0.335 e. The lowest BCUT2D eigenvalue weighted by Gasteiger charge is -2.12. The number of carboxylic acids is 1. The molecule has 4 rings (SSSR count). The summed E-state index contributed by atoms with van der Waals surface area (Å²) in [7, 11) is 0. The third kappa shape index (κ3) is 6.79. The molecular formula is C30H23N3O5. The summed E-state index contributed by atoms with van der Waals surface area (Å²) in [6, 6.07) is 29.7. The third-order valence-electron chi connectivity index (χ3n) is 5.41. The lowest BCUT2D eigenvalue weighted by Crippen LogP contribution is -2.30. The van der Waals surface area contributed by atoms with Crippen LogP contribution in [-0.2, 0) is 4.79 Å². The monoisotopic (exact) mass is 505 g/mol. The number of nitrogens with one attached hydrogen (secondary N) is 3. The quantitative estimate of drug-likeness (QED) is 0.250. The minimum atomic E-state index is -1.13. The molecule has 0 heterocycles. The number of rotatable bonds is 8. The van der Waals surface area contributed by atoms with Gasteiger partial charge in [0.1, 0.15) is 5.70 Å². The number of benzene rings is 4. The predicted octanol–water partition coefficient (Wildman–Crippen LogP) is 5.05. The van der Waals surface area contributed by atoms with Crippen LogP contribution in [0.1, 0.15) is 36.6 Å². The molecule has 38 heavy (non-hydrogen) atoms. The van der Waals surface area contributed by atoms with E-state index in [1.807, 2.05) is 12.1 Å². The maximum absolute atomic E-state index is 13.1. The Morgan fingerprint density at radius 3 is 1.84 bits per heavy atom. The molecule has 8 heteroatoms. The summed E-state index contributed by atoms with van der Waals surface area (Å²) in [4.78, 5) is 49.7. The van der Waals surface area contributed by atoms with Gasteiger partial charge in [0, 0.05) is 22.5 Å². The summed E-state index contributed by atoms with van der Waals surface area (Å²) in [6.07, 6.45) is 1.52. The van der Waals surface area contributed by atoms with Gasteiger partial charge in [0.05, 0.1) is 5.56 Å². The number of anilines is 2. The zero-order valence-corrected chi connectivity index (χ0v) is 20.0. The summed E-state index contributed by atoms with van der Waals surface area (Å²) < 4.78 is 0. The van der Waals surface area contributed by atoms with E-state index in [1.54, 1.807) is 66.7 Å². The number of carbonyl (C=O) groups is 4. The van der Waals surface area contributed by atoms with Crippen LogP contribution in [0.2, 0.25) is 0 Å². The smallest absolute Gasteiger partial charge is 0.335 e. The molecular weight excluding hydrogens is 482 g/mol. The van der Waals surface area contributed by atoms with E-state index >= 15 is 0 Å². The van der Waals surface area contributed by atoms with Gasteiger partial charge in [-0.1, -0.05) is 54.6 Å². The molecule has 0 unspecified atom stereocenters. The summed E-state index contributed by atoms with van der Waals surface area (Å²) in [5.74, 6) is -2.57. The Bertz CT molecular complexity index is 1500. The van der Waals surface area contributed by atoms with E-state index in [9.17, 15) is 24.3 Å². The molecule has 0 spiro atoms. The first kappa shape index (κ1) is 25.6. The highest BCUT2D eigenvalue weighted by Crippen LogP contribution is 2.15. The Kier molecular flexibility index (Phi) is 8.05. The minimum absolute atomic E-state index is 0.0138. The Labute approximate surface area is 218 Å². The number of amides is 3. The van der Waals surface area contributed by atoms with Crippen LogP contribution < -0.4 is 16.0 Å². The number of carboxylic acid groups (broad SMARTS) is 1. The van der Waals surface area contributed by atoms with Crippen LogP contribution in [0, 0.1) is 0 Å². The second-order valence-electron chi connectivity index (χ2n) is 8.16. The molecule has 4 N–H and O–H groups in total. The van der Waals surface area contributed by atoms with Gasteiger partial charge in [-0.25, -0.2) is 4.79 Å². The van der Waals surface area contributed by atoms with Crippen molar-refractivity contribution in [3.63, 3.8) is 0 Å². The van der Waals surface area contributed by atoms with Crippen molar-refractivity contribution in [1.29, 1.82) is 0 Å². The lowest BCUT2D eigenvalue weighted by atomic mass is 10.1. The molecule has 4 aromatic carbocycles. The second kappa shape index (κ2) is 12.0. The first-order chi connectivity index (χ1) is 18.4. The molecule has 0 saturated heterocycles. The highest BCUT2D eigenvalue weighted by molar-refractivity contribution is 6.11. The van der Waals surface area contributed by atoms with Gasteiger partial charge in [0.15, 0.2) is 0 Å². The van der Waals surface area contributed by atoms with Crippen molar-refractivity contribution in [2.24, 2.45) is 0 Å². The highest BCUT2D eigenvalue weighted by Gasteiger charge is 2.16. The topological polar surface area (TPSA) is 125 Å². The fourth-order valence-corrected chi connectivity index (χ4v) is 3.49. The van der Waals surface area contributed by atoms with Crippen LogP contribution in [-0.4, -0.2) is 28.8 Å². The van der Waals surface area contributed by atoms with Gasteiger partial charge >= 0.3 is 5.97 Å². The average molecular weight is 506 g/mol. The van der Waals surface area contributed by atoms with Crippen LogP contribution in [0.3, 0.4) is 0 Å². The Morgan fingerprint density at radius 2 is 1.18 bits per heavy atom. The van der Waals surface area contributed by atoms with Gasteiger partial charge in [-0.05, 0) is 66.2 Å². The summed E-state index contributed by atoms with van der Waals surface area (Å²) in [5.41, 5.74) is 2.19. The zero-order valence-electron chi connectivity index (χ0n) is 20.0. The molecule has 0 aliphatic rings. The van der Waals surface area contributed by atoms with Gasteiger partial charge in [-0.2, -0.15) is 0 Å². The largest absolute Gasteiger partial charge is 0.478 e. The van der Waals surface area contributed by atoms with Crippen molar-refractivity contribution in [3.8, 4) is 0 Å². The van der Waals surface area contributed by atoms with Crippen molar-refractivity contribution in [3.05, 3.63) is 137 Å². The average Bonchev–Trinajstić information content (AvgIpc) is 2.94. The van der Waals surface area contributed by atoms with E-state index in [0.29, 0.717) is 16.8 Å². The summed E-state index contributed by atoms with van der Waals surface area (Å²) in [5, 5.41) is 17.2. The Balaban J connectivity index is 1.50. The summed E-state index contributed by atoms with van der Waals surface area (Å²) >= 11 is 0. The fraction of sp³-hybridized carbons (Fsp3) is 0. The van der Waals surface area contributed by atoms with E-state index in [0.717, 1.165) is 0 Å². The van der Waals surface area contributed by atoms with Gasteiger partial charge < -0.3 is 21.1 Å². The number of aromatic carboxylic acids is 1. The second-order valence-corrected chi connectivity index (χ2v) is 8.16. The van der Waals surface area contributed by atoms with Crippen LogP contribution in [0.4, 0.5) is 11.4 Å². The minimum Gasteiger partial charge on any atom is -0.478 e. The van der Waals surface area contributed by atoms with Gasteiger partial charge in [-0.15, -0.1) is 0 Å². The van der Waals surface area contributed by atoms with Crippen molar-refractivity contribution in [2.45, 2.75) is 0 Å². The van der Waals surface area contributed by atoms with Crippen molar-refractivity contribution < 1.29 is 24.3 Å². The standard InChI is InChI=1S/C30H23N3O5/c34-27(21-10-5-2-6-11-21)31-24-16-14-22(15-17-24)28(35)33-26(18-20-8-3-1-4-9-20)29(36)32-25-13-7-12-23(19-25)30(37)38/h1-19H,(H,31,34)(H,32,36)(H,33,35)(H,37,38). The first-order valence-electron chi connectivity index (χ1n) is 11.6. The van der Waals surface area contributed by atoms with Crippen molar-refractivity contribution in [1.82, 2.24) is 5.32 Å². The van der Waals surface area contributed by atoms with Crippen LogP contribution in [0.25, 0.3) is 6.08 Å². The maximum atomic E-state index is 13.1. The van der Waals surface area contributed by atoms with E-state index < -0.39 is 17.8 Å². The van der Waals surface area contributed by atoms with E-state index in [2.05, 4.69) is 16.0 Å². The Hall–Kier alpha value is -5.50. The summed E-state index contributed by atoms with van der Waals surface area (Å²) in [6.45, 7) is 0. The number of hydrogen-bond donors (Lipinski definition) is 4. The van der Waals surface area contributed by atoms with Gasteiger partial charge in [0.2, 0.25) is 0 Å². The molecule has 0 bridgehead atoms. The SMILES string of the molecule is O=C(Nc1cccc(C(=O)O)c1)C(=Cc1ccccc1)NC(=O)c1ccc(NC(=O)c2ccccc2)cc1. The molecule has 0 saturated carbocycles. The van der Waals surface area contributed by atoms with Gasteiger partial charge in [0.25, 0.3) is 17.7 Å². The normalized spacial score (nSPS) is 10.8. The molecule has 0 fully saturated rings. The number of carbonyl (C=O) groups excluding carboxylic acids is 3. The Morgan fingerprint density at radius 1 is 0.579 bits per heavy atom. The first-order valence-corrected chi connectivity index (χ1v) is 11.6. The fourth-order valence-electron chi connectivity index (χ4n) is 3.49. The molecule has 0 atom stereocenters. The van der Waals surface area contributed by atoms with Crippen molar-refractivity contribution >= 4 is 41.1 Å². The van der Waals surface area contributed by atoms with Crippen LogP contribution >= 0.6 is 0 Å². The highest BCUT2D eigenvalue weighted by atomic mass is 16.4. The van der Waals surface area contributed by atoms with Crippen LogP contribution in [0.15, 0.2) is 115 Å². The molecule has 4 aromatic rings. The molecule has 0 radical (unpaired) electrons. The molecule has 188 valence electrons.